The van der Waals surface area contributed by atoms with Gasteiger partial charge in [-0.25, -0.2) is 0 Å². The molecule has 2 aliphatic heterocycles. The van der Waals surface area contributed by atoms with E-state index in [2.05, 4.69) is 5.32 Å². The molecule has 1 saturated heterocycles. The highest BCUT2D eigenvalue weighted by molar-refractivity contribution is 6.21. The average Bonchev–Trinajstić information content (AvgIpc) is 3.05. The Labute approximate surface area is 143 Å². The Morgan fingerprint density at radius 1 is 0.880 bits per heavy atom. The van der Waals surface area contributed by atoms with Crippen LogP contribution in [-0.4, -0.2) is 59.0 Å². The molecule has 2 heterocycles. The molecule has 0 atom stereocenters. The minimum absolute atomic E-state index is 0.0141. The van der Waals surface area contributed by atoms with Crippen LogP contribution >= 0.6 is 0 Å². The minimum atomic E-state index is -0.401. The number of carbonyl (C=O) groups excluding carboxylic acids is 5. The Morgan fingerprint density at radius 3 is 2.00 bits per heavy atom. The molecule has 0 radical (unpaired) electrons. The Kier molecular flexibility index (Phi) is 4.60. The van der Waals surface area contributed by atoms with Gasteiger partial charge in [-0.3, -0.25) is 33.8 Å². The summed E-state index contributed by atoms with van der Waals surface area (Å²) in [6.07, 6.45) is 0.395. The summed E-state index contributed by atoms with van der Waals surface area (Å²) >= 11 is 0. The third-order valence-electron chi connectivity index (χ3n) is 4.25. The van der Waals surface area contributed by atoms with Gasteiger partial charge in [-0.2, -0.15) is 0 Å². The molecule has 5 amide bonds. The molecule has 0 aromatic heterocycles. The van der Waals surface area contributed by atoms with E-state index in [1.54, 1.807) is 24.3 Å². The van der Waals surface area contributed by atoms with Gasteiger partial charge in [0.15, 0.2) is 0 Å². The summed E-state index contributed by atoms with van der Waals surface area (Å²) in [5, 5.41) is 2.59. The lowest BCUT2D eigenvalue weighted by atomic mass is 10.1. The maximum absolute atomic E-state index is 12.2. The van der Waals surface area contributed by atoms with Crippen LogP contribution in [0.15, 0.2) is 24.3 Å². The van der Waals surface area contributed by atoms with Gasteiger partial charge < -0.3 is 5.32 Å². The third kappa shape index (κ3) is 3.28. The zero-order valence-corrected chi connectivity index (χ0v) is 13.5. The van der Waals surface area contributed by atoms with Crippen LogP contribution in [0.2, 0.25) is 0 Å². The Bertz CT molecular complexity index is 722. The highest BCUT2D eigenvalue weighted by atomic mass is 16.2. The standard InChI is InChI=1S/C17H17N3O5/c21-13(18-8-10-19-14(22)5-6-15(19)23)7-9-20-16(24)11-3-1-2-4-12(11)17(20)25/h1-4H,5-10H2,(H,18,21). The van der Waals surface area contributed by atoms with Gasteiger partial charge in [0.25, 0.3) is 11.8 Å². The number of carbonyl (C=O) groups is 5. The van der Waals surface area contributed by atoms with Crippen molar-refractivity contribution < 1.29 is 24.0 Å². The van der Waals surface area contributed by atoms with Crippen LogP contribution in [0.5, 0.6) is 0 Å². The smallest absolute Gasteiger partial charge is 0.261 e. The van der Waals surface area contributed by atoms with Crippen LogP contribution in [0.25, 0.3) is 0 Å². The summed E-state index contributed by atoms with van der Waals surface area (Å²) in [7, 11) is 0. The molecule has 0 saturated carbocycles. The number of amides is 5. The molecule has 1 aromatic rings. The van der Waals surface area contributed by atoms with Crippen molar-refractivity contribution in [1.29, 1.82) is 0 Å². The molecule has 2 aliphatic rings. The van der Waals surface area contributed by atoms with E-state index < -0.39 is 11.8 Å². The van der Waals surface area contributed by atoms with E-state index in [1.165, 1.54) is 0 Å². The van der Waals surface area contributed by atoms with Gasteiger partial charge >= 0.3 is 0 Å². The predicted molar refractivity (Wildman–Crippen MR) is 85.4 cm³/mol. The summed E-state index contributed by atoms with van der Waals surface area (Å²) in [4.78, 5) is 61.3. The van der Waals surface area contributed by atoms with Crippen LogP contribution in [0, 0.1) is 0 Å². The molecule has 1 N–H and O–H groups in total. The van der Waals surface area contributed by atoms with Gasteiger partial charge in [-0.15, -0.1) is 0 Å². The molecule has 25 heavy (non-hydrogen) atoms. The van der Waals surface area contributed by atoms with Gasteiger partial charge in [0.2, 0.25) is 17.7 Å². The largest absolute Gasteiger partial charge is 0.354 e. The van der Waals surface area contributed by atoms with Crippen molar-refractivity contribution >= 4 is 29.5 Å². The summed E-state index contributed by atoms with van der Waals surface area (Å²) in [5.41, 5.74) is 0.693. The quantitative estimate of drug-likeness (QED) is 0.729. The van der Waals surface area contributed by atoms with Crippen LogP contribution < -0.4 is 5.32 Å². The van der Waals surface area contributed by atoms with Crippen LogP contribution in [-0.2, 0) is 14.4 Å². The van der Waals surface area contributed by atoms with Crippen molar-refractivity contribution in [3.05, 3.63) is 35.4 Å². The van der Waals surface area contributed by atoms with E-state index in [9.17, 15) is 24.0 Å². The highest BCUT2D eigenvalue weighted by Crippen LogP contribution is 2.22. The lowest BCUT2D eigenvalue weighted by molar-refractivity contribution is -0.138. The van der Waals surface area contributed by atoms with Gasteiger partial charge in [0, 0.05) is 38.9 Å². The number of hydrogen-bond acceptors (Lipinski definition) is 5. The molecule has 0 bridgehead atoms. The summed E-state index contributed by atoms with van der Waals surface area (Å²) in [6.45, 7) is 0.272. The van der Waals surface area contributed by atoms with Crippen molar-refractivity contribution in [2.75, 3.05) is 19.6 Å². The second kappa shape index (κ2) is 6.84. The molecule has 8 heteroatoms. The summed E-state index contributed by atoms with van der Waals surface area (Å²) < 4.78 is 0. The fourth-order valence-corrected chi connectivity index (χ4v) is 2.92. The van der Waals surface area contributed by atoms with Crippen LogP contribution in [0.1, 0.15) is 40.0 Å². The van der Waals surface area contributed by atoms with Crippen molar-refractivity contribution in [3.63, 3.8) is 0 Å². The number of hydrogen-bond donors (Lipinski definition) is 1. The number of benzene rings is 1. The molecule has 130 valence electrons. The van der Waals surface area contributed by atoms with Crippen molar-refractivity contribution in [2.24, 2.45) is 0 Å². The molecule has 0 unspecified atom stereocenters. The molecular weight excluding hydrogens is 326 g/mol. The van der Waals surface area contributed by atoms with Crippen molar-refractivity contribution in [1.82, 2.24) is 15.1 Å². The Hall–Kier alpha value is -3.03. The van der Waals surface area contributed by atoms with Gasteiger partial charge in [-0.1, -0.05) is 12.1 Å². The zero-order chi connectivity index (χ0) is 18.0. The second-order valence-electron chi connectivity index (χ2n) is 5.85. The Morgan fingerprint density at radius 2 is 1.44 bits per heavy atom. The number of nitrogens with zero attached hydrogens (tertiary/aromatic N) is 2. The molecule has 8 nitrogen and oxygen atoms in total. The number of rotatable bonds is 6. The fourth-order valence-electron chi connectivity index (χ4n) is 2.92. The summed E-state index contributed by atoms with van der Waals surface area (Å²) in [5.74, 6) is -1.62. The predicted octanol–water partition coefficient (Wildman–Crippen LogP) is -0.0621. The SMILES string of the molecule is O=C(CCN1C(=O)c2ccccc2C1=O)NCCN1C(=O)CCC1=O. The third-order valence-corrected chi connectivity index (χ3v) is 4.25. The molecule has 1 aromatic carbocycles. The van der Waals surface area contributed by atoms with Gasteiger partial charge in [0.05, 0.1) is 11.1 Å². The first-order chi connectivity index (χ1) is 12.0. The molecule has 1 fully saturated rings. The number of fused-ring (bicyclic) bond motifs is 1. The lowest BCUT2D eigenvalue weighted by Gasteiger charge is -2.15. The van der Waals surface area contributed by atoms with E-state index in [-0.39, 0.29) is 56.6 Å². The van der Waals surface area contributed by atoms with E-state index in [1.807, 2.05) is 0 Å². The average molecular weight is 343 g/mol. The topological polar surface area (TPSA) is 104 Å². The molecule has 0 spiro atoms. The lowest BCUT2D eigenvalue weighted by Crippen LogP contribution is -2.39. The molecular formula is C17H17N3O5. The van der Waals surface area contributed by atoms with Crippen molar-refractivity contribution in [3.8, 4) is 0 Å². The maximum Gasteiger partial charge on any atom is 0.261 e. The van der Waals surface area contributed by atoms with Gasteiger partial charge in [0.1, 0.15) is 0 Å². The van der Waals surface area contributed by atoms with E-state index in [0.29, 0.717) is 11.1 Å². The first kappa shape index (κ1) is 16.8. The highest BCUT2D eigenvalue weighted by Gasteiger charge is 2.35. The number of imide groups is 2. The molecule has 0 aliphatic carbocycles. The number of likely N-dealkylation sites (tertiary alicyclic amines) is 1. The minimum Gasteiger partial charge on any atom is -0.354 e. The number of nitrogens with one attached hydrogen (secondary N) is 1. The molecule has 3 rings (SSSR count). The maximum atomic E-state index is 12.2. The van der Waals surface area contributed by atoms with E-state index in [0.717, 1.165) is 9.80 Å². The zero-order valence-electron chi connectivity index (χ0n) is 13.5. The Balaban J connectivity index is 1.45. The summed E-state index contributed by atoms with van der Waals surface area (Å²) in [6, 6.07) is 6.53. The monoisotopic (exact) mass is 343 g/mol. The van der Waals surface area contributed by atoms with Crippen LogP contribution in [0.3, 0.4) is 0 Å². The van der Waals surface area contributed by atoms with Crippen LogP contribution in [0.4, 0.5) is 0 Å². The second-order valence-corrected chi connectivity index (χ2v) is 5.85. The van der Waals surface area contributed by atoms with E-state index in [4.69, 9.17) is 0 Å². The first-order valence-electron chi connectivity index (χ1n) is 8.04. The first-order valence-corrected chi connectivity index (χ1v) is 8.04. The van der Waals surface area contributed by atoms with E-state index >= 15 is 0 Å². The van der Waals surface area contributed by atoms with Gasteiger partial charge in [-0.05, 0) is 12.1 Å². The fraction of sp³-hybridized carbons (Fsp3) is 0.353. The normalized spacial score (nSPS) is 16.6. The van der Waals surface area contributed by atoms with Crippen molar-refractivity contribution in [2.45, 2.75) is 19.3 Å².